The molecule has 0 amide bonds. The molecular formula is C37H31B. The van der Waals surface area contributed by atoms with Gasteiger partial charge in [0.2, 0.25) is 0 Å². The molecule has 0 aliphatic carbocycles. The average Bonchev–Trinajstić information content (AvgIpc) is 3.31. The first-order valence-electron chi connectivity index (χ1n) is 13.2. The summed E-state index contributed by atoms with van der Waals surface area (Å²) in [4.78, 5) is 0. The Hall–Kier alpha value is -4.75. The van der Waals surface area contributed by atoms with Crippen molar-refractivity contribution in [2.75, 3.05) is 0 Å². The molecule has 38 heavy (non-hydrogen) atoms. The van der Waals surface area contributed by atoms with Crippen LogP contribution in [-0.4, -0.2) is 6.15 Å². The molecule has 182 valence electrons. The van der Waals surface area contributed by atoms with Gasteiger partial charge in [0.15, 0.2) is 0 Å². The highest BCUT2D eigenvalue weighted by Gasteiger charge is 2.31. The molecule has 1 heteroatoms. The maximum Gasteiger partial charge on any atom is 0.108 e. The Bertz CT molecular complexity index is 1340. The van der Waals surface area contributed by atoms with Crippen LogP contribution in [0.2, 0.25) is 0 Å². The van der Waals surface area contributed by atoms with E-state index in [0.717, 1.165) is 0 Å². The third kappa shape index (κ3) is 5.48. The molecule has 6 aromatic carbocycles. The van der Waals surface area contributed by atoms with Crippen LogP contribution in [0, 0.1) is 0 Å². The first kappa shape index (κ1) is 24.9. The summed E-state index contributed by atoms with van der Waals surface area (Å²) in [5.41, 5.74) is 7.87. The fourth-order valence-corrected chi connectivity index (χ4v) is 5.45. The third-order valence-electron chi connectivity index (χ3n) is 7.19. The Kier molecular flexibility index (Phi) is 8.18. The van der Waals surface area contributed by atoms with E-state index in [2.05, 4.69) is 170 Å². The summed E-state index contributed by atoms with van der Waals surface area (Å²) in [6, 6.07) is 66.3. The summed E-state index contributed by atoms with van der Waals surface area (Å²) in [6.07, 6.45) is -1.22. The number of hydrogen-bond donors (Lipinski definition) is 0. The maximum absolute atomic E-state index is 2.26. The van der Waals surface area contributed by atoms with E-state index in [9.17, 15) is 0 Å². The lowest BCUT2D eigenvalue weighted by molar-refractivity contribution is 1.66. The molecular weight excluding hydrogens is 455 g/mol. The van der Waals surface area contributed by atoms with Gasteiger partial charge in [0.05, 0.1) is 11.1 Å². The van der Waals surface area contributed by atoms with Crippen LogP contribution in [-0.2, 0) is 0 Å². The molecule has 0 aliphatic rings. The molecule has 0 saturated carbocycles. The normalized spacial score (nSPS) is 10.6. The topological polar surface area (TPSA) is 0 Å². The van der Waals surface area contributed by atoms with E-state index in [0.29, 0.717) is 0 Å². The number of benzene rings is 5. The zero-order valence-corrected chi connectivity index (χ0v) is 21.5. The van der Waals surface area contributed by atoms with Crippen molar-refractivity contribution in [1.29, 1.82) is 0 Å². The minimum absolute atomic E-state index is 1.22. The minimum atomic E-state index is -1.22. The zero-order chi connectivity index (χ0) is 25.9. The van der Waals surface area contributed by atoms with E-state index in [4.69, 9.17) is 0 Å². The van der Waals surface area contributed by atoms with E-state index in [1.807, 2.05) is 18.2 Å². The highest BCUT2D eigenvalue weighted by molar-refractivity contribution is 7.19. The molecule has 0 unspecified atom stereocenters. The summed E-state index contributed by atoms with van der Waals surface area (Å²) in [5, 5.41) is 0. The minimum Gasteiger partial charge on any atom is -0.195 e. The average molecular weight is 486 g/mol. The molecule has 0 saturated heterocycles. The molecule has 0 aromatic heterocycles. The first-order chi connectivity index (χ1) is 18.9. The molecule has 0 bridgehead atoms. The number of hydrogen-bond acceptors (Lipinski definition) is 0. The van der Waals surface area contributed by atoms with E-state index in [1.54, 1.807) is 0 Å². The summed E-state index contributed by atoms with van der Waals surface area (Å²) >= 11 is 0. The van der Waals surface area contributed by atoms with Crippen molar-refractivity contribution in [2.24, 2.45) is 0 Å². The summed E-state index contributed by atoms with van der Waals surface area (Å²) in [6.45, 7) is 0. The lowest BCUT2D eigenvalue weighted by atomic mass is 9.13. The van der Waals surface area contributed by atoms with Crippen LogP contribution in [0.3, 0.4) is 0 Å². The van der Waals surface area contributed by atoms with Crippen molar-refractivity contribution in [3.63, 3.8) is 0 Å². The molecule has 0 fully saturated rings. The Balaban J connectivity index is 0.000000190. The van der Waals surface area contributed by atoms with Crippen molar-refractivity contribution in [1.82, 2.24) is 0 Å². The second-order valence-corrected chi connectivity index (χ2v) is 9.43. The summed E-state index contributed by atoms with van der Waals surface area (Å²) in [5.74, 6) is 0. The van der Waals surface area contributed by atoms with Gasteiger partial charge in [0, 0.05) is 24.3 Å². The van der Waals surface area contributed by atoms with Crippen molar-refractivity contribution in [3.8, 4) is 11.1 Å². The van der Waals surface area contributed by atoms with Gasteiger partial charge in [-0.25, -0.2) is 0 Å². The Morgan fingerprint density at radius 3 is 0.868 bits per heavy atom. The lowest BCUT2D eigenvalue weighted by Gasteiger charge is -2.44. The Morgan fingerprint density at radius 2 is 0.553 bits per heavy atom. The lowest BCUT2D eigenvalue weighted by Crippen LogP contribution is -2.74. The van der Waals surface area contributed by atoms with Crippen LogP contribution in [0.5, 0.6) is 0 Å². The van der Waals surface area contributed by atoms with E-state index in [1.165, 1.54) is 33.0 Å². The summed E-state index contributed by atoms with van der Waals surface area (Å²) < 4.78 is 0. The largest absolute Gasteiger partial charge is 0.195 e. The molecule has 0 aliphatic heterocycles. The van der Waals surface area contributed by atoms with Crippen molar-refractivity contribution in [2.45, 2.75) is 0 Å². The molecule has 0 N–H and O–H groups in total. The van der Waals surface area contributed by atoms with Gasteiger partial charge >= 0.3 is 0 Å². The highest BCUT2D eigenvalue weighted by Crippen LogP contribution is 2.16. The fraction of sp³-hybridized carbons (Fsp3) is 0. The molecule has 0 nitrogen and oxygen atoms in total. The summed E-state index contributed by atoms with van der Waals surface area (Å²) in [7, 11) is 0. The standard InChI is InChI=1S/C24H20B.C13H11/c1-5-13-21(14-6-1)25(22-15-7-2-8-16-22,23-17-9-3-10-18-23)24-19-11-4-12-20-24;1-2-5-9-12(8-4-1)13-10-6-3-7-11-13/h1-20H;1-11H/q-1;+1. The number of rotatable bonds is 5. The van der Waals surface area contributed by atoms with Crippen molar-refractivity contribution in [3.05, 3.63) is 188 Å². The van der Waals surface area contributed by atoms with Crippen molar-refractivity contribution >= 4 is 28.0 Å². The van der Waals surface area contributed by atoms with Gasteiger partial charge in [0.25, 0.3) is 0 Å². The van der Waals surface area contributed by atoms with Gasteiger partial charge in [-0.15, -0.1) is 0 Å². The van der Waals surface area contributed by atoms with Crippen LogP contribution in [0.4, 0.5) is 0 Å². The maximum atomic E-state index is 2.26. The van der Waals surface area contributed by atoms with Crippen LogP contribution in [0.15, 0.2) is 188 Å². The van der Waals surface area contributed by atoms with Gasteiger partial charge in [-0.1, -0.05) is 121 Å². The second kappa shape index (κ2) is 12.5. The molecule has 0 radical (unpaired) electrons. The second-order valence-electron chi connectivity index (χ2n) is 9.43. The van der Waals surface area contributed by atoms with Gasteiger partial charge in [-0.3, -0.25) is 0 Å². The predicted octanol–water partition coefficient (Wildman–Crippen LogP) is 6.70. The van der Waals surface area contributed by atoms with Gasteiger partial charge in [-0.05, 0) is 42.5 Å². The quantitative estimate of drug-likeness (QED) is 0.188. The van der Waals surface area contributed by atoms with Gasteiger partial charge in [0.1, 0.15) is 6.15 Å². The van der Waals surface area contributed by atoms with Crippen LogP contribution in [0.1, 0.15) is 0 Å². The SMILES string of the molecule is c1ccc(-[c+]2cccccc2)cc1.c1ccc([B-](c2ccccc2)(c2ccccc2)c2ccccc2)cc1. The van der Waals surface area contributed by atoms with Crippen LogP contribution >= 0.6 is 0 Å². The predicted molar refractivity (Wildman–Crippen MR) is 166 cm³/mol. The van der Waals surface area contributed by atoms with E-state index >= 15 is 0 Å². The van der Waals surface area contributed by atoms with Crippen LogP contribution < -0.4 is 21.9 Å². The van der Waals surface area contributed by atoms with Crippen molar-refractivity contribution < 1.29 is 0 Å². The molecule has 0 heterocycles. The molecule has 6 aromatic rings. The fourth-order valence-electron chi connectivity index (χ4n) is 5.45. The Morgan fingerprint density at radius 1 is 0.289 bits per heavy atom. The van der Waals surface area contributed by atoms with Gasteiger partial charge < -0.3 is 0 Å². The highest BCUT2D eigenvalue weighted by atomic mass is 14.1. The Labute approximate surface area is 226 Å². The molecule has 0 atom stereocenters. The molecule has 6 rings (SSSR count). The van der Waals surface area contributed by atoms with E-state index in [-0.39, 0.29) is 0 Å². The van der Waals surface area contributed by atoms with Crippen LogP contribution in [0.25, 0.3) is 11.1 Å². The third-order valence-corrected chi connectivity index (χ3v) is 7.19. The molecule has 0 spiro atoms. The zero-order valence-electron chi connectivity index (χ0n) is 21.5. The first-order valence-corrected chi connectivity index (χ1v) is 13.2. The van der Waals surface area contributed by atoms with Gasteiger partial charge in [-0.2, -0.15) is 21.9 Å². The van der Waals surface area contributed by atoms with E-state index < -0.39 is 6.15 Å². The monoisotopic (exact) mass is 486 g/mol. The smallest absolute Gasteiger partial charge is 0.108 e.